The second-order valence-electron chi connectivity index (χ2n) is 11.9. The largest absolute Gasteiger partial charge is 0.481 e. The first-order valence-corrected chi connectivity index (χ1v) is 15.5. The summed E-state index contributed by atoms with van der Waals surface area (Å²) in [6, 6.07) is 15.0. The van der Waals surface area contributed by atoms with Gasteiger partial charge < -0.3 is 19.7 Å². The molecule has 0 saturated carbocycles. The molecule has 3 aromatic rings. The molecular formula is C34H37Cl2FNO6+. The first-order valence-electron chi connectivity index (χ1n) is 14.7. The van der Waals surface area contributed by atoms with Crippen LogP contribution in [0.4, 0.5) is 4.39 Å². The number of halogens is 3. The molecule has 3 aromatic carbocycles. The van der Waals surface area contributed by atoms with Gasteiger partial charge in [0.05, 0.1) is 23.8 Å². The number of carboxylic acid groups (broad SMARTS) is 1. The molecule has 0 spiro atoms. The second-order valence-corrected chi connectivity index (χ2v) is 12.8. The molecule has 0 aliphatic carbocycles. The highest BCUT2D eigenvalue weighted by Crippen LogP contribution is 2.57. The molecule has 5 rings (SSSR count). The lowest BCUT2D eigenvalue weighted by Crippen LogP contribution is -2.63. The van der Waals surface area contributed by atoms with Gasteiger partial charge in [-0.15, -0.1) is 0 Å². The van der Waals surface area contributed by atoms with Gasteiger partial charge in [0.25, 0.3) is 5.72 Å². The van der Waals surface area contributed by atoms with E-state index in [9.17, 15) is 15.0 Å². The Labute approximate surface area is 266 Å². The molecule has 44 heavy (non-hydrogen) atoms. The Hall–Kier alpha value is -2.85. The Balaban J connectivity index is 1.84. The van der Waals surface area contributed by atoms with E-state index in [0.29, 0.717) is 59.2 Å². The molecule has 0 unspecified atom stereocenters. The predicted molar refractivity (Wildman–Crippen MR) is 165 cm³/mol. The van der Waals surface area contributed by atoms with Crippen LogP contribution in [-0.2, 0) is 25.6 Å². The number of aliphatic hydroxyl groups is 1. The summed E-state index contributed by atoms with van der Waals surface area (Å²) < 4.78 is 28.0. The SMILES string of the molecule is CC[C@@](O)(c1cc(F)c2c(c1)C(=O)[N@+](C)([C@H](c1ccc(Cl)cc1)[C@H](C)C(=O)O)[C@@]2(OC)c1ccc(Cl)cc1)C1CCOCC1. The highest BCUT2D eigenvalue weighted by atomic mass is 35.5. The molecule has 234 valence electrons. The zero-order chi connectivity index (χ0) is 32.0. The Morgan fingerprint density at radius 2 is 1.68 bits per heavy atom. The van der Waals surface area contributed by atoms with Crippen LogP contribution < -0.4 is 0 Å². The topological polar surface area (TPSA) is 93.1 Å². The highest BCUT2D eigenvalue weighted by Gasteiger charge is 2.70. The van der Waals surface area contributed by atoms with Crippen LogP contribution in [0, 0.1) is 17.7 Å². The maximum Gasteiger partial charge on any atom is 0.349 e. The van der Waals surface area contributed by atoms with Gasteiger partial charge in [-0.3, -0.25) is 4.79 Å². The van der Waals surface area contributed by atoms with E-state index in [2.05, 4.69) is 0 Å². The lowest BCUT2D eigenvalue weighted by atomic mass is 9.74. The van der Waals surface area contributed by atoms with Crippen molar-refractivity contribution in [2.24, 2.45) is 11.8 Å². The third kappa shape index (κ3) is 4.87. The van der Waals surface area contributed by atoms with Crippen LogP contribution in [0.15, 0.2) is 60.7 Å². The van der Waals surface area contributed by atoms with E-state index in [0.717, 1.165) is 0 Å². The first-order chi connectivity index (χ1) is 20.9. The average molecular weight is 646 g/mol. The minimum Gasteiger partial charge on any atom is -0.481 e. The van der Waals surface area contributed by atoms with Crippen molar-refractivity contribution in [1.82, 2.24) is 0 Å². The van der Waals surface area contributed by atoms with Crippen molar-refractivity contribution in [3.8, 4) is 0 Å². The number of fused-ring (bicyclic) bond motifs is 1. The second kappa shape index (κ2) is 12.2. The fourth-order valence-electron chi connectivity index (χ4n) is 7.55. The van der Waals surface area contributed by atoms with E-state index < -0.39 is 45.5 Å². The van der Waals surface area contributed by atoms with E-state index in [4.69, 9.17) is 32.7 Å². The number of hydrogen-bond acceptors (Lipinski definition) is 5. The normalized spacial score (nSPS) is 24.9. The Kier molecular flexibility index (Phi) is 8.99. The fourth-order valence-corrected chi connectivity index (χ4v) is 7.80. The minimum atomic E-state index is -1.82. The summed E-state index contributed by atoms with van der Waals surface area (Å²) in [7, 11) is 2.97. The summed E-state index contributed by atoms with van der Waals surface area (Å²) >= 11 is 12.5. The number of ether oxygens (including phenoxy) is 2. The summed E-state index contributed by atoms with van der Waals surface area (Å²) in [5.74, 6) is -3.75. The molecule has 1 amide bonds. The van der Waals surface area contributed by atoms with E-state index in [1.54, 1.807) is 61.6 Å². The number of methoxy groups -OCH3 is 1. The number of nitrogens with zero attached hydrogens (tertiary/aromatic N) is 1. The van der Waals surface area contributed by atoms with Gasteiger partial charge in [-0.2, -0.15) is 0 Å². The van der Waals surface area contributed by atoms with E-state index >= 15 is 9.18 Å². The van der Waals surface area contributed by atoms with Crippen LogP contribution in [0.3, 0.4) is 0 Å². The number of aliphatic carboxylic acids is 1. The van der Waals surface area contributed by atoms with Crippen LogP contribution in [0.2, 0.25) is 10.0 Å². The van der Waals surface area contributed by atoms with Gasteiger partial charge in [-0.05, 0) is 86.2 Å². The smallest absolute Gasteiger partial charge is 0.349 e. The van der Waals surface area contributed by atoms with Crippen molar-refractivity contribution >= 4 is 35.1 Å². The first kappa shape index (κ1) is 32.5. The summed E-state index contributed by atoms with van der Waals surface area (Å²) in [5, 5.41) is 23.2. The zero-order valence-electron chi connectivity index (χ0n) is 25.1. The summed E-state index contributed by atoms with van der Waals surface area (Å²) in [5.41, 5.74) is -2.02. The van der Waals surface area contributed by atoms with Gasteiger partial charge in [0, 0.05) is 41.5 Å². The van der Waals surface area contributed by atoms with Gasteiger partial charge in [0.2, 0.25) is 0 Å². The lowest BCUT2D eigenvalue weighted by molar-refractivity contribution is -0.939. The monoisotopic (exact) mass is 644 g/mol. The van der Waals surface area contributed by atoms with Crippen molar-refractivity contribution in [3.05, 3.63) is 104 Å². The van der Waals surface area contributed by atoms with Crippen LogP contribution in [-0.4, -0.2) is 53.9 Å². The van der Waals surface area contributed by atoms with Crippen LogP contribution in [0.25, 0.3) is 0 Å². The number of benzene rings is 3. The van der Waals surface area contributed by atoms with E-state index in [-0.39, 0.29) is 17.0 Å². The quantitative estimate of drug-likeness (QED) is 0.242. The molecule has 0 radical (unpaired) electrons. The molecular weight excluding hydrogens is 608 g/mol. The van der Waals surface area contributed by atoms with Gasteiger partial charge in [-0.1, -0.05) is 42.3 Å². The van der Waals surface area contributed by atoms with Crippen molar-refractivity contribution in [1.29, 1.82) is 0 Å². The fraction of sp³-hybridized carbons (Fsp3) is 0.412. The number of rotatable bonds is 9. The molecule has 5 atom stereocenters. The van der Waals surface area contributed by atoms with Gasteiger partial charge in [-0.25, -0.2) is 13.7 Å². The maximum atomic E-state index is 16.9. The third-order valence-electron chi connectivity index (χ3n) is 9.83. The number of hydrogen-bond donors (Lipinski definition) is 2. The molecule has 1 saturated heterocycles. The minimum absolute atomic E-state index is 0.0230. The van der Waals surface area contributed by atoms with Crippen molar-refractivity contribution < 1.29 is 38.1 Å². The highest BCUT2D eigenvalue weighted by molar-refractivity contribution is 6.30. The van der Waals surface area contributed by atoms with Crippen LogP contribution in [0.5, 0.6) is 0 Å². The number of carbonyl (C=O) groups excluding carboxylic acids is 1. The molecule has 7 nitrogen and oxygen atoms in total. The molecule has 2 aliphatic rings. The van der Waals surface area contributed by atoms with Gasteiger partial charge in [0.15, 0.2) is 0 Å². The summed E-state index contributed by atoms with van der Waals surface area (Å²) in [4.78, 5) is 27.7. The Bertz CT molecular complexity index is 1560. The van der Waals surface area contributed by atoms with E-state index in [1.807, 2.05) is 6.92 Å². The molecule has 0 aromatic heterocycles. The summed E-state index contributed by atoms with van der Waals surface area (Å²) in [6.07, 6.45) is 1.48. The van der Waals surface area contributed by atoms with Crippen molar-refractivity contribution in [2.45, 2.75) is 50.5 Å². The molecule has 2 N–H and O–H groups in total. The van der Waals surface area contributed by atoms with Crippen molar-refractivity contribution in [2.75, 3.05) is 27.4 Å². The number of quaternary nitrogens is 1. The van der Waals surface area contributed by atoms with Crippen LogP contribution in [0.1, 0.15) is 71.8 Å². The molecule has 0 bridgehead atoms. The van der Waals surface area contributed by atoms with Gasteiger partial charge >= 0.3 is 11.9 Å². The van der Waals surface area contributed by atoms with Crippen LogP contribution >= 0.6 is 23.2 Å². The Morgan fingerprint density at radius 3 is 2.20 bits per heavy atom. The molecule has 1 fully saturated rings. The molecule has 2 heterocycles. The predicted octanol–water partition coefficient (Wildman–Crippen LogP) is 7.07. The van der Waals surface area contributed by atoms with Gasteiger partial charge in [0.1, 0.15) is 17.8 Å². The number of carboxylic acids is 1. The molecule has 2 aliphatic heterocycles. The number of carbonyl (C=O) groups is 2. The van der Waals surface area contributed by atoms with Crippen molar-refractivity contribution in [3.63, 3.8) is 0 Å². The third-order valence-corrected chi connectivity index (χ3v) is 10.3. The zero-order valence-corrected chi connectivity index (χ0v) is 26.7. The molecule has 10 heteroatoms. The number of amides is 1. The van der Waals surface area contributed by atoms with E-state index in [1.165, 1.54) is 20.1 Å². The summed E-state index contributed by atoms with van der Waals surface area (Å²) in [6.45, 7) is 4.31. The average Bonchev–Trinajstić information content (AvgIpc) is 3.22. The standard InChI is InChI=1S/C34H36Cl2FNO6/c1-5-33(42,22-14-16-44-17-15-22)24-18-27-29(28(37)19-24)34(43-4,23-8-12-26(36)13-9-23)38(3,31(27)39)30(20(2)32(40)41)21-6-10-25(35)11-7-21/h6-13,18-20,22,30,42H,5,14-17H2,1-4H3/p+1/t20-,30-,33-,34+,38-/m0/s1. The maximum absolute atomic E-state index is 16.9. The lowest BCUT2D eigenvalue weighted by Gasteiger charge is -2.48. The Morgan fingerprint density at radius 1 is 1.11 bits per heavy atom.